The van der Waals surface area contributed by atoms with Gasteiger partial charge in [-0.1, -0.05) is 0 Å². The molecule has 5 nitrogen and oxygen atoms in total. The van der Waals surface area contributed by atoms with E-state index in [0.29, 0.717) is 0 Å². The van der Waals surface area contributed by atoms with Crippen LogP contribution in [0.2, 0.25) is 0 Å². The molecule has 0 amide bonds. The molecule has 0 aliphatic carbocycles. The number of rotatable bonds is 0. The fourth-order valence-electron chi connectivity index (χ4n) is 0. The summed E-state index contributed by atoms with van der Waals surface area (Å²) in [6.07, 6.45) is 0. The van der Waals surface area contributed by atoms with Gasteiger partial charge in [0.2, 0.25) is 0 Å². The highest BCUT2D eigenvalue weighted by Gasteiger charge is 1.71. The summed E-state index contributed by atoms with van der Waals surface area (Å²) in [5.74, 6) is 0. The summed E-state index contributed by atoms with van der Waals surface area (Å²) in [6, 6.07) is 0. The van der Waals surface area contributed by atoms with Crippen molar-refractivity contribution in [3.8, 4) is 0 Å². The maximum Gasteiger partial charge on any atom is 0.279 e. The maximum atomic E-state index is 9.72. The fourth-order valence-corrected chi connectivity index (χ4v) is 0. The van der Waals surface area contributed by atoms with Crippen molar-refractivity contribution >= 4 is 0 Å². The van der Waals surface area contributed by atoms with Gasteiger partial charge in [0, 0.05) is 0 Å². The number of hydrogen-bond donors (Lipinski definition) is 2. The Morgan fingerprint density at radius 2 is 1.67 bits per heavy atom. The lowest BCUT2D eigenvalue weighted by atomic mass is 13.3. The van der Waals surface area contributed by atoms with Crippen molar-refractivity contribution in [1.82, 2.24) is 0 Å². The first-order valence-corrected chi connectivity index (χ1v) is 0.734. The summed E-state index contributed by atoms with van der Waals surface area (Å²) in [5, 5.41) is 18.1. The smallest absolute Gasteiger partial charge is 0.255 e. The first-order chi connectivity index (χ1) is 2.73. The molecule has 0 aromatic carbocycles. The molecular formula is H2FNO4. The number of nitrogens with zero attached hydrogens (tertiary/aromatic N) is 1. The van der Waals surface area contributed by atoms with E-state index in [1.165, 1.54) is 0 Å². The minimum Gasteiger partial charge on any atom is -0.255 e. The van der Waals surface area contributed by atoms with Crippen molar-refractivity contribution in [1.29, 1.82) is 0 Å². The van der Waals surface area contributed by atoms with E-state index in [1.54, 1.807) is 0 Å². The molecule has 0 bridgehead atoms. The largest absolute Gasteiger partial charge is 0.279 e. The summed E-state index contributed by atoms with van der Waals surface area (Å²) >= 11 is 0. The van der Waals surface area contributed by atoms with Crippen LogP contribution >= 0.6 is 0 Å². The predicted molar refractivity (Wildman–Crippen MR) is 13.4 cm³/mol. The van der Waals surface area contributed by atoms with Crippen LogP contribution in [0.1, 0.15) is 0 Å². The molecule has 0 aliphatic heterocycles. The average Bonchev–Trinajstić information content (AvgIpc) is 1.41. The normalized spacial score (nSPS) is 5.17. The van der Waals surface area contributed by atoms with Crippen LogP contribution in [0.15, 0.2) is 0 Å². The molecule has 0 spiro atoms. The van der Waals surface area contributed by atoms with E-state index in [2.05, 4.69) is 0 Å². The van der Waals surface area contributed by atoms with Gasteiger partial charge in [-0.3, -0.25) is 10.5 Å². The van der Waals surface area contributed by atoms with Gasteiger partial charge in [-0.25, -0.2) is 10.1 Å². The molecule has 6 heavy (non-hydrogen) atoms. The Morgan fingerprint density at radius 3 is 1.67 bits per heavy atom. The van der Waals surface area contributed by atoms with Crippen LogP contribution < -0.4 is 0 Å². The van der Waals surface area contributed by atoms with Crippen LogP contribution in [-0.4, -0.2) is 15.7 Å². The molecule has 0 aromatic rings. The number of hydrogen-bond acceptors (Lipinski definition) is 4. The van der Waals surface area contributed by atoms with E-state index in [9.17, 15) is 4.48 Å². The molecular weight excluding hydrogens is 97.0 g/mol. The van der Waals surface area contributed by atoms with Gasteiger partial charge in [0.25, 0.3) is 5.15 Å². The fraction of sp³-hybridized carbons (Fsp3) is 0. The van der Waals surface area contributed by atoms with E-state index in [-0.39, 0.29) is 0 Å². The van der Waals surface area contributed by atoms with Gasteiger partial charge in [0.05, 0.1) is 0 Å². The lowest BCUT2D eigenvalue weighted by molar-refractivity contribution is -0.672. The molecule has 0 radical (unpaired) electrons. The van der Waals surface area contributed by atoms with Crippen molar-refractivity contribution in [3.63, 3.8) is 0 Å². The zero-order valence-electron chi connectivity index (χ0n) is 2.54. The highest BCUT2D eigenvalue weighted by Crippen LogP contribution is 1.54. The van der Waals surface area contributed by atoms with Crippen molar-refractivity contribution in [2.45, 2.75) is 0 Å². The van der Waals surface area contributed by atoms with Crippen LogP contribution in [0.5, 0.6) is 0 Å². The highest BCUT2D eigenvalue weighted by atomic mass is 19.2. The maximum absolute atomic E-state index is 9.72. The Morgan fingerprint density at radius 1 is 1.67 bits per heavy atom. The molecule has 0 heterocycles. The summed E-state index contributed by atoms with van der Waals surface area (Å²) in [6.45, 7) is 0. The number of halogens is 1. The van der Waals surface area contributed by atoms with Crippen molar-refractivity contribution < 1.29 is 20.1 Å². The minimum atomic E-state index is -2.00. The van der Waals surface area contributed by atoms with Crippen molar-refractivity contribution in [2.75, 3.05) is 0 Å². The van der Waals surface area contributed by atoms with Crippen LogP contribution in [0.4, 0.5) is 4.48 Å². The predicted octanol–water partition coefficient (Wildman–Crippen LogP) is 0.165. The second-order valence-electron chi connectivity index (χ2n) is 0.213. The van der Waals surface area contributed by atoms with Crippen molar-refractivity contribution in [2.24, 2.45) is 0 Å². The topological polar surface area (TPSA) is 83.6 Å². The molecule has 6 heteroatoms. The van der Waals surface area contributed by atoms with Crippen LogP contribution in [0.25, 0.3) is 0 Å². The standard InChI is InChI=1S/FNO2.H2O2/c1-2(3)4;1-2/h;1-2H. The second-order valence-corrected chi connectivity index (χ2v) is 0.213. The molecule has 38 valence electrons. The lowest BCUT2D eigenvalue weighted by Gasteiger charge is -1.50. The van der Waals surface area contributed by atoms with E-state index < -0.39 is 5.15 Å². The summed E-state index contributed by atoms with van der Waals surface area (Å²) in [7, 11) is 0. The molecule has 0 rings (SSSR count). The van der Waals surface area contributed by atoms with Crippen LogP contribution in [-0.2, 0) is 0 Å². The molecule has 0 saturated heterocycles. The molecule has 0 aromatic heterocycles. The van der Waals surface area contributed by atoms with Gasteiger partial charge in [0.15, 0.2) is 4.48 Å². The third-order valence-electron chi connectivity index (χ3n) is 0. The van der Waals surface area contributed by atoms with Gasteiger partial charge < -0.3 is 0 Å². The van der Waals surface area contributed by atoms with Crippen LogP contribution in [0, 0.1) is 10.1 Å². The Labute approximate surface area is 31.7 Å². The Kier molecular flexibility index (Phi) is 13.3. The second kappa shape index (κ2) is 8.87. The van der Waals surface area contributed by atoms with Crippen LogP contribution in [0.3, 0.4) is 0 Å². The van der Waals surface area contributed by atoms with E-state index in [4.69, 9.17) is 20.6 Å². The molecule has 2 N–H and O–H groups in total. The first-order valence-electron chi connectivity index (χ1n) is 0.734. The van der Waals surface area contributed by atoms with Gasteiger partial charge in [-0.15, -0.1) is 0 Å². The third-order valence-corrected chi connectivity index (χ3v) is 0. The molecule has 0 aliphatic rings. The average molecular weight is 99.0 g/mol. The van der Waals surface area contributed by atoms with Gasteiger partial charge in [0.1, 0.15) is 0 Å². The first kappa shape index (κ1) is 8.98. The summed E-state index contributed by atoms with van der Waals surface area (Å²) in [5.41, 5.74) is 0. The Balaban J connectivity index is 0. The molecule has 0 fully saturated rings. The summed E-state index contributed by atoms with van der Waals surface area (Å²) < 4.78 is 9.72. The zero-order chi connectivity index (χ0) is 5.58. The zero-order valence-corrected chi connectivity index (χ0v) is 2.54. The van der Waals surface area contributed by atoms with E-state index >= 15 is 0 Å². The highest BCUT2D eigenvalue weighted by molar-refractivity contribution is 3.84. The Bertz CT molecular complexity index is 30.5. The lowest BCUT2D eigenvalue weighted by Crippen LogP contribution is -1.69. The SMILES string of the molecule is O=[N+]([O-])F.OO. The molecule has 0 atom stereocenters. The number of nitro groups is 1. The minimum absolute atomic E-state index is 2.00. The quantitative estimate of drug-likeness (QED) is 0.196. The monoisotopic (exact) mass is 99.0 g/mol. The van der Waals surface area contributed by atoms with Gasteiger partial charge in [-0.05, 0) is 0 Å². The molecule has 0 unspecified atom stereocenters. The summed E-state index contributed by atoms with van der Waals surface area (Å²) in [4.78, 5) is 8.14. The molecule has 0 saturated carbocycles. The van der Waals surface area contributed by atoms with E-state index in [1.807, 2.05) is 0 Å². The van der Waals surface area contributed by atoms with Crippen molar-refractivity contribution in [3.05, 3.63) is 10.1 Å². The Hall–Kier alpha value is -0.750. The van der Waals surface area contributed by atoms with Gasteiger partial charge >= 0.3 is 0 Å². The third kappa shape index (κ3) is 29.2. The van der Waals surface area contributed by atoms with E-state index in [0.717, 1.165) is 0 Å². The van der Waals surface area contributed by atoms with Gasteiger partial charge in [-0.2, -0.15) is 0 Å².